The second kappa shape index (κ2) is 10.1. The molecule has 4 aromatic rings. The molecule has 0 aliphatic rings. The second-order valence-electron chi connectivity index (χ2n) is 7.56. The van der Waals surface area contributed by atoms with Crippen LogP contribution in [0, 0.1) is 0 Å². The van der Waals surface area contributed by atoms with Crippen molar-refractivity contribution in [2.24, 2.45) is 5.10 Å². The van der Waals surface area contributed by atoms with Gasteiger partial charge in [0, 0.05) is 0 Å². The third-order valence-electron chi connectivity index (χ3n) is 5.60. The molecule has 0 aliphatic heterocycles. The van der Waals surface area contributed by atoms with Crippen LogP contribution in [0.4, 0.5) is 5.69 Å². The molecule has 0 radical (unpaired) electrons. The molecule has 0 saturated carbocycles. The summed E-state index contributed by atoms with van der Waals surface area (Å²) >= 11 is 4.44. The third-order valence-corrected chi connectivity index (χ3v) is 15.2. The van der Waals surface area contributed by atoms with E-state index in [-0.39, 0.29) is 0 Å². The van der Waals surface area contributed by atoms with Gasteiger partial charge in [-0.25, -0.2) is 0 Å². The van der Waals surface area contributed by atoms with Gasteiger partial charge >= 0.3 is 199 Å². The fourth-order valence-electron chi connectivity index (χ4n) is 3.97. The fraction of sp³-hybridized carbons (Fsp3) is 0.0357. The van der Waals surface area contributed by atoms with Crippen molar-refractivity contribution >= 4 is 48.6 Å². The van der Waals surface area contributed by atoms with Crippen molar-refractivity contribution in [3.05, 3.63) is 133 Å². The van der Waals surface area contributed by atoms with E-state index >= 15 is 0 Å². The summed E-state index contributed by atoms with van der Waals surface area (Å²) in [6, 6.07) is 42.4. The molecular weight excluding hydrogens is 475 g/mol. The monoisotopic (exact) mass is 500 g/mol. The van der Waals surface area contributed by atoms with Gasteiger partial charge in [0.1, 0.15) is 0 Å². The normalized spacial score (nSPS) is 13.1. The number of benzene rings is 4. The van der Waals surface area contributed by atoms with Crippen LogP contribution in [0.3, 0.4) is 0 Å². The van der Waals surface area contributed by atoms with E-state index in [4.69, 9.17) is 0 Å². The molecule has 0 atom stereocenters. The molecule has 32 heavy (non-hydrogen) atoms. The number of nitrogens with one attached hydrogen (secondary N) is 1. The Bertz CT molecular complexity index is 1080. The van der Waals surface area contributed by atoms with Crippen molar-refractivity contribution in [1.82, 2.24) is 0 Å². The van der Waals surface area contributed by atoms with Crippen LogP contribution in [-0.4, -0.2) is 12.4 Å². The molecule has 0 amide bonds. The van der Waals surface area contributed by atoms with Crippen molar-refractivity contribution in [3.63, 3.8) is 0 Å². The molecule has 0 heterocycles. The Morgan fingerprint density at radius 3 is 1.47 bits per heavy atom. The van der Waals surface area contributed by atoms with E-state index in [0.29, 0.717) is 0 Å². The Balaban J connectivity index is 1.74. The number of rotatable bonds is 8. The third kappa shape index (κ3) is 4.46. The zero-order chi connectivity index (χ0) is 22.1. The van der Waals surface area contributed by atoms with E-state index in [1.54, 1.807) is 0 Å². The molecule has 0 saturated heterocycles. The van der Waals surface area contributed by atoms with Gasteiger partial charge in [0.15, 0.2) is 0 Å². The number of anilines is 1. The first-order valence-electron chi connectivity index (χ1n) is 10.6. The molecule has 4 rings (SSSR count). The molecule has 0 aliphatic carbocycles. The molecule has 2 nitrogen and oxygen atoms in total. The van der Waals surface area contributed by atoms with E-state index in [0.717, 1.165) is 11.8 Å². The zero-order valence-electron chi connectivity index (χ0n) is 17.8. The second-order valence-corrected chi connectivity index (χ2v) is 16.5. The molecule has 4 aromatic carbocycles. The molecule has 0 spiro atoms. The summed E-state index contributed by atoms with van der Waals surface area (Å²) < 4.78 is 0. The summed E-state index contributed by atoms with van der Waals surface area (Å²) in [5, 5.41) is 5.34. The number of hydrogen-bond acceptors (Lipinski definition) is 2. The molecular formula is C28H26BrN2P. The van der Waals surface area contributed by atoms with Gasteiger partial charge < -0.3 is 0 Å². The average Bonchev–Trinajstić information content (AvgIpc) is 2.88. The predicted octanol–water partition coefficient (Wildman–Crippen LogP) is 6.48. The number of halogens is 1. The first-order chi connectivity index (χ1) is 15.7. The van der Waals surface area contributed by atoms with Crippen molar-refractivity contribution in [1.29, 1.82) is 0 Å². The van der Waals surface area contributed by atoms with Gasteiger partial charge in [0.05, 0.1) is 0 Å². The van der Waals surface area contributed by atoms with Crippen LogP contribution >= 0.6 is 20.8 Å². The van der Waals surface area contributed by atoms with E-state index < -0.39 is 5.31 Å². The summed E-state index contributed by atoms with van der Waals surface area (Å²) in [7, 11) is 0. The number of allylic oxidation sites excluding steroid dienone is 2. The van der Waals surface area contributed by atoms with Crippen molar-refractivity contribution in [2.45, 2.75) is 0 Å². The Kier molecular flexibility index (Phi) is 6.99. The quantitative estimate of drug-likeness (QED) is 0.167. The van der Waals surface area contributed by atoms with Gasteiger partial charge in [-0.05, 0) is 0 Å². The van der Waals surface area contributed by atoms with Gasteiger partial charge in [-0.2, -0.15) is 0 Å². The average molecular weight is 501 g/mol. The Hall–Kier alpha value is -3.00. The number of nitrogens with zero attached hydrogens (tertiary/aromatic N) is 1. The van der Waals surface area contributed by atoms with Crippen LogP contribution in [0.1, 0.15) is 0 Å². The molecule has 1 N–H and O–H groups in total. The van der Waals surface area contributed by atoms with Gasteiger partial charge in [0.25, 0.3) is 0 Å². The van der Waals surface area contributed by atoms with Crippen molar-refractivity contribution < 1.29 is 0 Å². The van der Waals surface area contributed by atoms with Gasteiger partial charge in [-0.15, -0.1) is 0 Å². The summed E-state index contributed by atoms with van der Waals surface area (Å²) in [5.74, 6) is 0. The minimum absolute atomic E-state index is 0.834. The van der Waals surface area contributed by atoms with Crippen LogP contribution in [0.2, 0.25) is 0 Å². The molecule has 0 unspecified atom stereocenters. The molecule has 4 heteroatoms. The van der Waals surface area contributed by atoms with E-state index in [1.165, 1.54) is 15.9 Å². The summed E-state index contributed by atoms with van der Waals surface area (Å²) in [5.41, 5.74) is 4.03. The number of hydrazone groups is 1. The molecule has 0 fully saturated rings. The van der Waals surface area contributed by atoms with Gasteiger partial charge in [-0.3, -0.25) is 0 Å². The van der Waals surface area contributed by atoms with Crippen LogP contribution < -0.4 is 21.3 Å². The Morgan fingerprint density at radius 2 is 1.03 bits per heavy atom. The SMILES string of the molecule is BrP(CC=CC=NNc1ccccc1)(c1ccccc1)(c1ccccc1)c1ccccc1. The summed E-state index contributed by atoms with van der Waals surface area (Å²) in [6.07, 6.45) is 6.88. The predicted molar refractivity (Wildman–Crippen MR) is 147 cm³/mol. The summed E-state index contributed by atoms with van der Waals surface area (Å²) in [4.78, 5) is 0. The number of para-hydroxylation sites is 1. The minimum atomic E-state index is -2.92. The van der Waals surface area contributed by atoms with Crippen LogP contribution in [0.25, 0.3) is 0 Å². The molecule has 0 bridgehead atoms. The first kappa shape index (κ1) is 22.2. The summed E-state index contributed by atoms with van der Waals surface area (Å²) in [6.45, 7) is 0. The molecule has 0 aromatic heterocycles. The number of hydrogen-bond donors (Lipinski definition) is 1. The topological polar surface area (TPSA) is 24.4 Å². The Morgan fingerprint density at radius 1 is 0.625 bits per heavy atom. The first-order valence-corrected chi connectivity index (χ1v) is 15.0. The van der Waals surface area contributed by atoms with Crippen LogP contribution in [0.15, 0.2) is 139 Å². The zero-order valence-corrected chi connectivity index (χ0v) is 20.2. The maximum atomic E-state index is 4.44. The standard InChI is InChI=1S/C28H26BrN2P/c29-32(26-17-7-2-8-18-26,27-19-9-3-10-20-27,28-21-11-4-12-22-28)24-14-13-23-30-31-25-15-5-1-6-16-25/h1-23,31H,24H2. The van der Waals surface area contributed by atoms with Crippen molar-refractivity contribution in [3.8, 4) is 0 Å². The van der Waals surface area contributed by atoms with Crippen LogP contribution in [0.5, 0.6) is 0 Å². The van der Waals surface area contributed by atoms with Crippen LogP contribution in [-0.2, 0) is 0 Å². The van der Waals surface area contributed by atoms with E-state index in [1.807, 2.05) is 42.6 Å². The Labute approximate surface area is 198 Å². The van der Waals surface area contributed by atoms with E-state index in [9.17, 15) is 0 Å². The maximum absolute atomic E-state index is 4.44. The van der Waals surface area contributed by atoms with Crippen molar-refractivity contribution in [2.75, 3.05) is 11.6 Å². The molecule has 160 valence electrons. The van der Waals surface area contributed by atoms with Gasteiger partial charge in [0.2, 0.25) is 0 Å². The fourth-order valence-corrected chi connectivity index (χ4v) is 11.0. The van der Waals surface area contributed by atoms with E-state index in [2.05, 4.69) is 123 Å². The van der Waals surface area contributed by atoms with Gasteiger partial charge in [-0.1, -0.05) is 0 Å².